The van der Waals surface area contributed by atoms with E-state index in [2.05, 4.69) is 0 Å². The van der Waals surface area contributed by atoms with Crippen LogP contribution in [0.25, 0.3) is 0 Å². The molecule has 0 saturated heterocycles. The summed E-state index contributed by atoms with van der Waals surface area (Å²) in [5, 5.41) is 0. The minimum atomic E-state index is -2.51. The highest BCUT2D eigenvalue weighted by Crippen LogP contribution is 2.36. The number of carbonyl (C=O) groups is 1. The molecule has 1 aliphatic rings. The molecule has 1 rings (SSSR count). The molecule has 0 unspecified atom stereocenters. The fraction of sp³-hybridized carbons (Fsp3) is 0.909. The Balaban J connectivity index is 0.000000791. The number of carbonyl (C=O) groups excluding carboxylic acids is 1. The third kappa shape index (κ3) is 4.16. The summed E-state index contributed by atoms with van der Waals surface area (Å²) in [5.74, 6) is -2.45. The molecule has 1 fully saturated rings. The molecule has 0 heterocycles. The third-order valence-electron chi connectivity index (χ3n) is 2.52. The number of hydrogen-bond donors (Lipinski definition) is 0. The number of ketones is 1. The van der Waals surface area contributed by atoms with Crippen molar-refractivity contribution in [3.8, 4) is 0 Å². The molecule has 1 saturated carbocycles. The van der Waals surface area contributed by atoms with Crippen molar-refractivity contribution in [2.45, 2.75) is 58.8 Å². The standard InChI is InChI=1S/C9H14F2O.C2H6/c1-2-8(12)7-3-5-9(10,11)6-4-7;1-2/h7H,2-6H2,1H3;1-2H3. The van der Waals surface area contributed by atoms with Crippen LogP contribution in [0.5, 0.6) is 0 Å². The van der Waals surface area contributed by atoms with Gasteiger partial charge >= 0.3 is 0 Å². The van der Waals surface area contributed by atoms with Gasteiger partial charge in [-0.15, -0.1) is 0 Å². The van der Waals surface area contributed by atoms with Crippen molar-refractivity contribution in [3.05, 3.63) is 0 Å². The Labute approximate surface area is 84.9 Å². The summed E-state index contributed by atoms with van der Waals surface area (Å²) < 4.78 is 25.3. The summed E-state index contributed by atoms with van der Waals surface area (Å²) in [6.07, 6.45) is 1.02. The number of hydrogen-bond acceptors (Lipinski definition) is 1. The number of halogens is 2. The summed E-state index contributed by atoms with van der Waals surface area (Å²) in [7, 11) is 0. The zero-order valence-corrected chi connectivity index (χ0v) is 9.28. The van der Waals surface area contributed by atoms with Gasteiger partial charge < -0.3 is 0 Å². The largest absolute Gasteiger partial charge is 0.299 e. The molecule has 84 valence electrons. The van der Waals surface area contributed by atoms with Crippen molar-refractivity contribution >= 4 is 5.78 Å². The highest BCUT2D eigenvalue weighted by atomic mass is 19.3. The van der Waals surface area contributed by atoms with E-state index in [1.807, 2.05) is 13.8 Å². The summed E-state index contributed by atoms with van der Waals surface area (Å²) in [5.41, 5.74) is 0. The van der Waals surface area contributed by atoms with Gasteiger partial charge in [0.15, 0.2) is 0 Å². The lowest BCUT2D eigenvalue weighted by Crippen LogP contribution is -2.28. The van der Waals surface area contributed by atoms with E-state index in [4.69, 9.17) is 0 Å². The number of alkyl halides is 2. The Hall–Kier alpha value is -0.470. The van der Waals surface area contributed by atoms with Crippen molar-refractivity contribution in [3.63, 3.8) is 0 Å². The molecule has 0 amide bonds. The van der Waals surface area contributed by atoms with Crippen molar-refractivity contribution in [2.24, 2.45) is 5.92 Å². The Morgan fingerprint density at radius 3 is 2.07 bits per heavy atom. The van der Waals surface area contributed by atoms with Crippen molar-refractivity contribution in [1.82, 2.24) is 0 Å². The van der Waals surface area contributed by atoms with Crippen molar-refractivity contribution < 1.29 is 13.6 Å². The van der Waals surface area contributed by atoms with Gasteiger partial charge in [-0.1, -0.05) is 20.8 Å². The minimum absolute atomic E-state index is 0.0883. The van der Waals surface area contributed by atoms with E-state index in [9.17, 15) is 13.6 Å². The molecule has 0 N–H and O–H groups in total. The van der Waals surface area contributed by atoms with Crippen molar-refractivity contribution in [2.75, 3.05) is 0 Å². The fourth-order valence-electron chi connectivity index (χ4n) is 1.65. The lowest BCUT2D eigenvalue weighted by Gasteiger charge is -2.26. The van der Waals surface area contributed by atoms with Gasteiger partial charge in [0.2, 0.25) is 5.92 Å². The van der Waals surface area contributed by atoms with E-state index in [-0.39, 0.29) is 24.5 Å². The first-order chi connectivity index (χ1) is 6.55. The quantitative estimate of drug-likeness (QED) is 0.671. The first-order valence-electron chi connectivity index (χ1n) is 5.46. The van der Waals surface area contributed by atoms with Gasteiger partial charge in [0.25, 0.3) is 0 Å². The Morgan fingerprint density at radius 1 is 1.29 bits per heavy atom. The van der Waals surface area contributed by atoms with Gasteiger partial charge in [0, 0.05) is 25.2 Å². The molecule has 14 heavy (non-hydrogen) atoms. The molecule has 3 heteroatoms. The molecule has 0 bridgehead atoms. The van der Waals surface area contributed by atoms with E-state index in [0.717, 1.165) is 0 Å². The van der Waals surface area contributed by atoms with Crippen LogP contribution in [0.4, 0.5) is 8.78 Å². The molecule has 0 radical (unpaired) electrons. The number of Topliss-reactive ketones (excluding diaryl/α,β-unsaturated/α-hetero) is 1. The van der Waals surface area contributed by atoms with E-state index in [0.29, 0.717) is 19.3 Å². The highest BCUT2D eigenvalue weighted by Gasteiger charge is 2.36. The van der Waals surface area contributed by atoms with Crippen LogP contribution in [0, 0.1) is 5.92 Å². The number of rotatable bonds is 2. The van der Waals surface area contributed by atoms with Gasteiger partial charge in [-0.25, -0.2) is 8.78 Å². The summed E-state index contributed by atoms with van der Waals surface area (Å²) in [6.45, 7) is 5.79. The second-order valence-electron chi connectivity index (χ2n) is 3.45. The molecule has 0 aromatic heterocycles. The molecule has 0 atom stereocenters. The van der Waals surface area contributed by atoms with Gasteiger partial charge in [0.1, 0.15) is 5.78 Å². The van der Waals surface area contributed by atoms with Crippen molar-refractivity contribution in [1.29, 1.82) is 0 Å². The molecule has 0 aromatic rings. The molecule has 1 aliphatic carbocycles. The molecule has 0 aliphatic heterocycles. The lowest BCUT2D eigenvalue weighted by molar-refractivity contribution is -0.126. The maximum atomic E-state index is 12.6. The van der Waals surface area contributed by atoms with Gasteiger partial charge in [-0.05, 0) is 12.8 Å². The van der Waals surface area contributed by atoms with Gasteiger partial charge in [0.05, 0.1) is 0 Å². The second-order valence-corrected chi connectivity index (χ2v) is 3.45. The van der Waals surface area contributed by atoms with E-state index < -0.39 is 5.92 Å². The van der Waals surface area contributed by atoms with E-state index in [1.54, 1.807) is 6.92 Å². The van der Waals surface area contributed by atoms with Crippen LogP contribution in [0.3, 0.4) is 0 Å². The smallest absolute Gasteiger partial charge is 0.248 e. The van der Waals surface area contributed by atoms with Crippen LogP contribution in [0.2, 0.25) is 0 Å². The first-order valence-corrected chi connectivity index (χ1v) is 5.46. The van der Waals surface area contributed by atoms with E-state index >= 15 is 0 Å². The molecule has 1 nitrogen and oxygen atoms in total. The van der Waals surface area contributed by atoms with E-state index in [1.165, 1.54) is 0 Å². The third-order valence-corrected chi connectivity index (χ3v) is 2.52. The maximum Gasteiger partial charge on any atom is 0.248 e. The normalized spacial score (nSPS) is 20.9. The van der Waals surface area contributed by atoms with Gasteiger partial charge in [-0.3, -0.25) is 4.79 Å². The minimum Gasteiger partial charge on any atom is -0.299 e. The van der Waals surface area contributed by atoms with Gasteiger partial charge in [-0.2, -0.15) is 0 Å². The highest BCUT2D eigenvalue weighted by molar-refractivity contribution is 5.80. The van der Waals surface area contributed by atoms with Crippen LogP contribution in [0.15, 0.2) is 0 Å². The molecule has 0 spiro atoms. The average molecular weight is 206 g/mol. The maximum absolute atomic E-state index is 12.6. The van der Waals surface area contributed by atoms with Crippen LogP contribution < -0.4 is 0 Å². The molecular weight excluding hydrogens is 186 g/mol. The van der Waals surface area contributed by atoms with Crippen LogP contribution in [-0.2, 0) is 4.79 Å². The Morgan fingerprint density at radius 2 is 1.71 bits per heavy atom. The topological polar surface area (TPSA) is 17.1 Å². The van der Waals surface area contributed by atoms with Crippen LogP contribution in [0.1, 0.15) is 52.9 Å². The zero-order chi connectivity index (χ0) is 11.2. The molecule has 0 aromatic carbocycles. The average Bonchev–Trinajstić information content (AvgIpc) is 2.20. The predicted octanol–water partition coefficient (Wildman–Crippen LogP) is 3.82. The lowest BCUT2D eigenvalue weighted by atomic mass is 9.83. The Bertz CT molecular complexity index is 168. The summed E-state index contributed by atoms with van der Waals surface area (Å²) in [6, 6.07) is 0. The second kappa shape index (κ2) is 6.10. The fourth-order valence-corrected chi connectivity index (χ4v) is 1.65. The zero-order valence-electron chi connectivity index (χ0n) is 9.28. The van der Waals surface area contributed by atoms with Crippen LogP contribution >= 0.6 is 0 Å². The summed E-state index contributed by atoms with van der Waals surface area (Å²) in [4.78, 5) is 11.1. The summed E-state index contributed by atoms with van der Waals surface area (Å²) >= 11 is 0. The van der Waals surface area contributed by atoms with Crippen LogP contribution in [-0.4, -0.2) is 11.7 Å². The predicted molar refractivity (Wildman–Crippen MR) is 53.6 cm³/mol. The molecular formula is C11H20F2O. The SMILES string of the molecule is CC.CCC(=O)C1CCC(F)(F)CC1. The Kier molecular flexibility index (Phi) is 5.89. The monoisotopic (exact) mass is 206 g/mol. The first kappa shape index (κ1) is 13.5.